The lowest BCUT2D eigenvalue weighted by atomic mass is 10.1. The van der Waals surface area contributed by atoms with E-state index in [2.05, 4.69) is 10.6 Å². The molecule has 3 aromatic rings. The van der Waals surface area contributed by atoms with Gasteiger partial charge in [-0.15, -0.1) is 0 Å². The summed E-state index contributed by atoms with van der Waals surface area (Å²) in [5.74, 6) is 0.973. The van der Waals surface area contributed by atoms with E-state index >= 15 is 0 Å². The van der Waals surface area contributed by atoms with Gasteiger partial charge in [0, 0.05) is 17.7 Å². The van der Waals surface area contributed by atoms with Crippen LogP contribution in [0.1, 0.15) is 32.0 Å². The highest BCUT2D eigenvalue weighted by Gasteiger charge is 2.11. The molecule has 144 valence electrons. The highest BCUT2D eigenvalue weighted by atomic mass is 16.5. The van der Waals surface area contributed by atoms with Gasteiger partial charge in [0.2, 0.25) is 0 Å². The Morgan fingerprint density at radius 2 is 1.68 bits per heavy atom. The van der Waals surface area contributed by atoms with E-state index < -0.39 is 0 Å². The van der Waals surface area contributed by atoms with Gasteiger partial charge in [-0.1, -0.05) is 24.3 Å². The average Bonchev–Trinajstić information content (AvgIpc) is 3.26. The van der Waals surface area contributed by atoms with Gasteiger partial charge >= 0.3 is 0 Å². The molecule has 0 fully saturated rings. The van der Waals surface area contributed by atoms with Crippen molar-refractivity contribution in [3.8, 4) is 5.75 Å². The van der Waals surface area contributed by atoms with Crippen LogP contribution < -0.4 is 15.4 Å². The summed E-state index contributed by atoms with van der Waals surface area (Å²) in [6, 6.07) is 17.9. The van der Waals surface area contributed by atoms with Crippen molar-refractivity contribution >= 4 is 11.8 Å². The van der Waals surface area contributed by atoms with Crippen LogP contribution in [0.15, 0.2) is 71.3 Å². The minimum absolute atomic E-state index is 0.226. The molecule has 0 saturated carbocycles. The lowest BCUT2D eigenvalue weighted by Crippen LogP contribution is -2.27. The molecule has 0 saturated heterocycles. The molecule has 0 spiro atoms. The molecule has 0 aliphatic carbocycles. The second kappa shape index (κ2) is 9.41. The lowest BCUT2D eigenvalue weighted by Gasteiger charge is -2.10. The predicted octanol–water partition coefficient (Wildman–Crippen LogP) is 3.19. The largest absolute Gasteiger partial charge is 0.496 e. The van der Waals surface area contributed by atoms with Gasteiger partial charge in [-0.25, -0.2) is 0 Å². The number of para-hydroxylation sites is 1. The minimum Gasteiger partial charge on any atom is -0.496 e. The summed E-state index contributed by atoms with van der Waals surface area (Å²) in [6.45, 7) is 0.759. The van der Waals surface area contributed by atoms with Crippen LogP contribution in [0.25, 0.3) is 0 Å². The fourth-order valence-corrected chi connectivity index (χ4v) is 2.81. The quantitative estimate of drug-likeness (QED) is 0.631. The second-order valence-corrected chi connectivity index (χ2v) is 6.16. The Kier molecular flexibility index (Phi) is 6.46. The van der Waals surface area contributed by atoms with E-state index in [9.17, 15) is 9.59 Å². The number of methoxy groups -OCH3 is 1. The molecule has 1 heterocycles. The van der Waals surface area contributed by atoms with Crippen molar-refractivity contribution in [3.05, 3.63) is 89.4 Å². The van der Waals surface area contributed by atoms with Crippen molar-refractivity contribution in [2.24, 2.45) is 0 Å². The van der Waals surface area contributed by atoms with Crippen LogP contribution in [-0.4, -0.2) is 25.5 Å². The van der Waals surface area contributed by atoms with Crippen molar-refractivity contribution < 1.29 is 18.7 Å². The fraction of sp³-hybridized carbons (Fsp3) is 0.182. The summed E-state index contributed by atoms with van der Waals surface area (Å²) < 4.78 is 10.5. The van der Waals surface area contributed by atoms with Gasteiger partial charge in [0.25, 0.3) is 11.8 Å². The standard InChI is InChI=1S/C22H22N2O4/c1-27-20-10-3-2-6-16(20)11-12-23-21(25)17-7-4-8-18(14-17)22(26)24-15-19-9-5-13-28-19/h2-10,13-14H,11-12,15H2,1H3,(H,23,25)(H,24,26). The molecule has 0 aliphatic heterocycles. The van der Waals surface area contributed by atoms with Gasteiger partial charge < -0.3 is 19.8 Å². The number of amides is 2. The molecular weight excluding hydrogens is 356 g/mol. The van der Waals surface area contributed by atoms with Crippen molar-refractivity contribution in [2.75, 3.05) is 13.7 Å². The van der Waals surface area contributed by atoms with Crippen molar-refractivity contribution in [2.45, 2.75) is 13.0 Å². The Hall–Kier alpha value is -3.54. The summed E-state index contributed by atoms with van der Waals surface area (Å²) in [7, 11) is 1.62. The maximum absolute atomic E-state index is 12.4. The van der Waals surface area contributed by atoms with Gasteiger partial charge in [0.15, 0.2) is 0 Å². The van der Waals surface area contributed by atoms with Crippen LogP contribution in [0.5, 0.6) is 5.75 Å². The SMILES string of the molecule is COc1ccccc1CCNC(=O)c1cccc(C(=O)NCc2ccco2)c1. The van der Waals surface area contributed by atoms with Gasteiger partial charge in [0.1, 0.15) is 11.5 Å². The number of nitrogens with one attached hydrogen (secondary N) is 2. The Morgan fingerprint density at radius 3 is 2.39 bits per heavy atom. The molecule has 0 radical (unpaired) electrons. The lowest BCUT2D eigenvalue weighted by molar-refractivity contribution is 0.0948. The predicted molar refractivity (Wildman–Crippen MR) is 105 cm³/mol. The molecule has 0 aliphatic rings. The van der Waals surface area contributed by atoms with E-state index in [-0.39, 0.29) is 11.8 Å². The van der Waals surface area contributed by atoms with Gasteiger partial charge in [0.05, 0.1) is 19.9 Å². The smallest absolute Gasteiger partial charge is 0.251 e. The molecule has 28 heavy (non-hydrogen) atoms. The van der Waals surface area contributed by atoms with Crippen molar-refractivity contribution in [1.82, 2.24) is 10.6 Å². The first-order valence-corrected chi connectivity index (χ1v) is 8.98. The van der Waals surface area contributed by atoms with Gasteiger partial charge in [-0.2, -0.15) is 0 Å². The molecule has 3 rings (SSSR count). The number of hydrogen-bond donors (Lipinski definition) is 2. The molecule has 6 heteroatoms. The highest BCUT2D eigenvalue weighted by Crippen LogP contribution is 2.17. The van der Waals surface area contributed by atoms with E-state index in [1.807, 2.05) is 24.3 Å². The fourth-order valence-electron chi connectivity index (χ4n) is 2.81. The zero-order valence-electron chi connectivity index (χ0n) is 15.6. The molecule has 2 amide bonds. The molecule has 0 atom stereocenters. The molecule has 6 nitrogen and oxygen atoms in total. The Labute approximate surface area is 163 Å². The number of benzene rings is 2. The zero-order chi connectivity index (χ0) is 19.8. The zero-order valence-corrected chi connectivity index (χ0v) is 15.6. The monoisotopic (exact) mass is 378 g/mol. The van der Waals surface area contributed by atoms with Gasteiger partial charge in [-0.3, -0.25) is 9.59 Å². The van der Waals surface area contributed by atoms with Crippen LogP contribution in [0.2, 0.25) is 0 Å². The molecular formula is C22H22N2O4. The number of carbonyl (C=O) groups excluding carboxylic acids is 2. The summed E-state index contributed by atoms with van der Waals surface area (Å²) in [5.41, 5.74) is 1.88. The first-order chi connectivity index (χ1) is 13.7. The van der Waals surface area contributed by atoms with Crippen LogP contribution in [0.4, 0.5) is 0 Å². The summed E-state index contributed by atoms with van der Waals surface area (Å²) in [5, 5.41) is 5.64. The van der Waals surface area contributed by atoms with Crippen LogP contribution in [0, 0.1) is 0 Å². The molecule has 2 aromatic carbocycles. The molecule has 2 N–H and O–H groups in total. The summed E-state index contributed by atoms with van der Waals surface area (Å²) in [4.78, 5) is 24.7. The topological polar surface area (TPSA) is 80.6 Å². The maximum Gasteiger partial charge on any atom is 0.251 e. The molecule has 0 unspecified atom stereocenters. The van der Waals surface area contributed by atoms with E-state index in [0.717, 1.165) is 11.3 Å². The van der Waals surface area contributed by atoms with Crippen molar-refractivity contribution in [3.63, 3.8) is 0 Å². The normalized spacial score (nSPS) is 10.3. The highest BCUT2D eigenvalue weighted by molar-refractivity contribution is 5.99. The second-order valence-electron chi connectivity index (χ2n) is 6.16. The van der Waals surface area contributed by atoms with Crippen LogP contribution >= 0.6 is 0 Å². The Balaban J connectivity index is 1.55. The summed E-state index contributed by atoms with van der Waals surface area (Å²) in [6.07, 6.45) is 2.20. The third-order valence-corrected chi connectivity index (χ3v) is 4.26. The Morgan fingerprint density at radius 1 is 0.929 bits per heavy atom. The maximum atomic E-state index is 12.4. The molecule has 0 bridgehead atoms. The summed E-state index contributed by atoms with van der Waals surface area (Å²) >= 11 is 0. The number of furan rings is 1. The first kappa shape index (κ1) is 19.2. The van der Waals surface area contributed by atoms with Crippen LogP contribution in [-0.2, 0) is 13.0 Å². The third kappa shape index (κ3) is 5.01. The van der Waals surface area contributed by atoms with Crippen LogP contribution in [0.3, 0.4) is 0 Å². The average molecular weight is 378 g/mol. The van der Waals surface area contributed by atoms with E-state index in [1.54, 1.807) is 49.8 Å². The number of hydrogen-bond acceptors (Lipinski definition) is 4. The Bertz CT molecular complexity index is 935. The third-order valence-electron chi connectivity index (χ3n) is 4.26. The van der Waals surface area contributed by atoms with E-state index in [0.29, 0.717) is 36.4 Å². The molecule has 1 aromatic heterocycles. The van der Waals surface area contributed by atoms with E-state index in [1.165, 1.54) is 0 Å². The van der Waals surface area contributed by atoms with Gasteiger partial charge in [-0.05, 0) is 48.4 Å². The number of rotatable bonds is 8. The van der Waals surface area contributed by atoms with Crippen molar-refractivity contribution in [1.29, 1.82) is 0 Å². The number of carbonyl (C=O) groups is 2. The van der Waals surface area contributed by atoms with E-state index in [4.69, 9.17) is 9.15 Å². The first-order valence-electron chi connectivity index (χ1n) is 8.98. The number of ether oxygens (including phenoxy) is 1. The minimum atomic E-state index is -0.264.